The summed E-state index contributed by atoms with van der Waals surface area (Å²) in [5.74, 6) is 0.317. The maximum absolute atomic E-state index is 12.6. The van der Waals surface area contributed by atoms with Crippen molar-refractivity contribution in [1.82, 2.24) is 9.78 Å². The molecule has 0 unspecified atom stereocenters. The van der Waals surface area contributed by atoms with Crippen LogP contribution in [0.3, 0.4) is 0 Å². The summed E-state index contributed by atoms with van der Waals surface area (Å²) in [6.07, 6.45) is 2.51. The van der Waals surface area contributed by atoms with Gasteiger partial charge in [-0.05, 0) is 36.8 Å². The molecule has 29 heavy (non-hydrogen) atoms. The molecular weight excluding hydrogens is 372 g/mol. The van der Waals surface area contributed by atoms with E-state index < -0.39 is 0 Å². The zero-order chi connectivity index (χ0) is 20.4. The minimum absolute atomic E-state index is 0.0377. The second-order valence-corrected chi connectivity index (χ2v) is 6.77. The van der Waals surface area contributed by atoms with Crippen LogP contribution in [0, 0.1) is 0 Å². The Bertz CT molecular complexity index is 1150. The lowest BCUT2D eigenvalue weighted by molar-refractivity contribution is -0.117. The molecule has 4 rings (SSSR count). The fraction of sp³-hybridized carbons (Fsp3) is 0.238. The number of methoxy groups -OCH3 is 1. The Balaban J connectivity index is 1.57. The van der Waals surface area contributed by atoms with Crippen molar-refractivity contribution in [3.05, 3.63) is 58.9 Å². The normalized spacial score (nSPS) is 13.7. The van der Waals surface area contributed by atoms with Gasteiger partial charge < -0.3 is 15.0 Å². The summed E-state index contributed by atoms with van der Waals surface area (Å²) in [5.41, 5.74) is 1.59. The van der Waals surface area contributed by atoms with Crippen LogP contribution >= 0.6 is 0 Å². The van der Waals surface area contributed by atoms with E-state index in [4.69, 9.17) is 4.74 Å². The van der Waals surface area contributed by atoms with E-state index in [1.807, 2.05) is 0 Å². The SMILES string of the molecule is COc1ccc(NC(=O)Cn2ncc(=O)c3ccccc32)cc1N1CCCC1=O. The molecule has 0 radical (unpaired) electrons. The second-order valence-electron chi connectivity index (χ2n) is 6.77. The van der Waals surface area contributed by atoms with Gasteiger partial charge in [0.25, 0.3) is 0 Å². The van der Waals surface area contributed by atoms with Gasteiger partial charge in [0.2, 0.25) is 17.2 Å². The van der Waals surface area contributed by atoms with Crippen molar-refractivity contribution >= 4 is 34.1 Å². The molecule has 2 amide bonds. The number of amides is 2. The maximum Gasteiger partial charge on any atom is 0.246 e. The number of rotatable bonds is 5. The molecule has 1 saturated heterocycles. The van der Waals surface area contributed by atoms with Crippen LogP contribution in [0.2, 0.25) is 0 Å². The van der Waals surface area contributed by atoms with Gasteiger partial charge in [-0.3, -0.25) is 19.1 Å². The molecule has 1 fully saturated rings. The van der Waals surface area contributed by atoms with Crippen molar-refractivity contribution in [2.75, 3.05) is 23.9 Å². The Morgan fingerprint density at radius 3 is 2.79 bits per heavy atom. The van der Waals surface area contributed by atoms with Gasteiger partial charge in [0.15, 0.2) is 0 Å². The Kier molecular flexibility index (Phi) is 4.99. The molecule has 8 heteroatoms. The van der Waals surface area contributed by atoms with Crippen LogP contribution in [0.1, 0.15) is 12.8 Å². The first-order valence-electron chi connectivity index (χ1n) is 9.30. The van der Waals surface area contributed by atoms with E-state index in [9.17, 15) is 14.4 Å². The number of hydrogen-bond acceptors (Lipinski definition) is 5. The highest BCUT2D eigenvalue weighted by atomic mass is 16.5. The van der Waals surface area contributed by atoms with Gasteiger partial charge in [0, 0.05) is 24.0 Å². The zero-order valence-electron chi connectivity index (χ0n) is 15.9. The number of para-hydroxylation sites is 1. The first-order chi connectivity index (χ1) is 14.1. The molecule has 8 nitrogen and oxygen atoms in total. The molecule has 0 spiro atoms. The fourth-order valence-corrected chi connectivity index (χ4v) is 3.51. The fourth-order valence-electron chi connectivity index (χ4n) is 3.51. The lowest BCUT2D eigenvalue weighted by Crippen LogP contribution is -2.25. The van der Waals surface area contributed by atoms with Crippen LogP contribution in [0.25, 0.3) is 10.9 Å². The minimum atomic E-state index is -0.296. The highest BCUT2D eigenvalue weighted by molar-refractivity contribution is 5.98. The molecule has 2 heterocycles. The first kappa shape index (κ1) is 18.7. The number of ether oxygens (including phenoxy) is 1. The molecule has 0 bridgehead atoms. The third-order valence-corrected chi connectivity index (χ3v) is 4.88. The van der Waals surface area contributed by atoms with Crippen molar-refractivity contribution < 1.29 is 14.3 Å². The number of carbonyl (C=O) groups excluding carboxylic acids is 2. The number of nitrogens with one attached hydrogen (secondary N) is 1. The van der Waals surface area contributed by atoms with Crippen molar-refractivity contribution in [1.29, 1.82) is 0 Å². The van der Waals surface area contributed by atoms with Crippen LogP contribution in [0.5, 0.6) is 5.75 Å². The number of aromatic nitrogens is 2. The number of benzene rings is 2. The first-order valence-corrected chi connectivity index (χ1v) is 9.30. The smallest absolute Gasteiger partial charge is 0.246 e. The van der Waals surface area contributed by atoms with Crippen molar-refractivity contribution in [3.8, 4) is 5.75 Å². The Morgan fingerprint density at radius 2 is 2.03 bits per heavy atom. The van der Waals surface area contributed by atoms with E-state index in [0.717, 1.165) is 6.42 Å². The van der Waals surface area contributed by atoms with Crippen molar-refractivity contribution in [3.63, 3.8) is 0 Å². The summed E-state index contributed by atoms with van der Waals surface area (Å²) in [4.78, 5) is 38.3. The molecule has 148 valence electrons. The molecule has 0 saturated carbocycles. The predicted octanol–water partition coefficient (Wildman–Crippen LogP) is 2.17. The number of anilines is 2. The average Bonchev–Trinajstić information content (AvgIpc) is 3.16. The summed E-state index contributed by atoms with van der Waals surface area (Å²) in [6.45, 7) is 0.574. The lowest BCUT2D eigenvalue weighted by atomic mass is 10.2. The van der Waals surface area contributed by atoms with Gasteiger partial charge in [-0.1, -0.05) is 12.1 Å². The van der Waals surface area contributed by atoms with Gasteiger partial charge in [-0.15, -0.1) is 0 Å². The molecule has 1 aliphatic heterocycles. The summed E-state index contributed by atoms with van der Waals surface area (Å²) in [6, 6.07) is 12.2. The minimum Gasteiger partial charge on any atom is -0.495 e. The van der Waals surface area contributed by atoms with E-state index in [1.165, 1.54) is 10.9 Å². The molecule has 2 aromatic carbocycles. The Morgan fingerprint density at radius 1 is 1.21 bits per heavy atom. The molecule has 1 aromatic heterocycles. The zero-order valence-corrected chi connectivity index (χ0v) is 15.9. The predicted molar refractivity (Wildman–Crippen MR) is 109 cm³/mol. The lowest BCUT2D eigenvalue weighted by Gasteiger charge is -2.20. The number of nitrogens with zero attached hydrogens (tertiary/aromatic N) is 3. The summed E-state index contributed by atoms with van der Waals surface area (Å²) in [7, 11) is 1.55. The Labute approximate surface area is 166 Å². The largest absolute Gasteiger partial charge is 0.495 e. The molecule has 3 aromatic rings. The van der Waals surface area contributed by atoms with Crippen LogP contribution in [0.4, 0.5) is 11.4 Å². The Hall–Kier alpha value is -3.68. The van der Waals surface area contributed by atoms with E-state index in [-0.39, 0.29) is 23.8 Å². The topological polar surface area (TPSA) is 93.5 Å². The molecule has 0 atom stereocenters. The van der Waals surface area contributed by atoms with Crippen molar-refractivity contribution in [2.24, 2.45) is 0 Å². The van der Waals surface area contributed by atoms with Crippen LogP contribution < -0.4 is 20.4 Å². The van der Waals surface area contributed by atoms with E-state index in [0.29, 0.717) is 41.0 Å². The quantitative estimate of drug-likeness (QED) is 0.718. The van der Waals surface area contributed by atoms with E-state index >= 15 is 0 Å². The third-order valence-electron chi connectivity index (χ3n) is 4.88. The van der Waals surface area contributed by atoms with Gasteiger partial charge in [0.05, 0.1) is 24.5 Å². The van der Waals surface area contributed by atoms with Crippen LogP contribution in [0.15, 0.2) is 53.5 Å². The second kappa shape index (κ2) is 7.75. The highest BCUT2D eigenvalue weighted by Gasteiger charge is 2.25. The number of carbonyl (C=O) groups is 2. The van der Waals surface area contributed by atoms with E-state index in [2.05, 4.69) is 10.4 Å². The number of hydrogen-bond donors (Lipinski definition) is 1. The molecular formula is C21H20N4O4. The van der Waals surface area contributed by atoms with Gasteiger partial charge in [0.1, 0.15) is 12.3 Å². The van der Waals surface area contributed by atoms with Gasteiger partial charge in [-0.2, -0.15) is 5.10 Å². The maximum atomic E-state index is 12.6. The summed E-state index contributed by atoms with van der Waals surface area (Å²) >= 11 is 0. The molecule has 1 aliphatic rings. The monoisotopic (exact) mass is 392 g/mol. The number of fused-ring (bicyclic) bond motifs is 1. The van der Waals surface area contributed by atoms with Crippen LogP contribution in [-0.2, 0) is 16.1 Å². The van der Waals surface area contributed by atoms with E-state index in [1.54, 1.807) is 54.5 Å². The third kappa shape index (κ3) is 3.69. The molecule has 0 aliphatic carbocycles. The van der Waals surface area contributed by atoms with Crippen LogP contribution in [-0.4, -0.2) is 35.2 Å². The average molecular weight is 392 g/mol. The molecule has 1 N–H and O–H groups in total. The standard InChI is InChI=1S/C21H20N4O4/c1-29-19-9-8-14(11-17(19)24-10-4-7-21(24)28)23-20(27)13-25-16-6-3-2-5-15(16)18(26)12-22-25/h2-3,5-6,8-9,11-12H,4,7,10,13H2,1H3,(H,23,27). The summed E-state index contributed by atoms with van der Waals surface area (Å²) in [5, 5.41) is 7.41. The highest BCUT2D eigenvalue weighted by Crippen LogP contribution is 2.34. The van der Waals surface area contributed by atoms with Gasteiger partial charge >= 0.3 is 0 Å². The summed E-state index contributed by atoms with van der Waals surface area (Å²) < 4.78 is 6.86. The van der Waals surface area contributed by atoms with Crippen molar-refractivity contribution in [2.45, 2.75) is 19.4 Å². The van der Waals surface area contributed by atoms with Gasteiger partial charge in [-0.25, -0.2) is 0 Å².